The third-order valence-corrected chi connectivity index (χ3v) is 4.74. The molecule has 0 fully saturated rings. The van der Waals surface area contributed by atoms with Crippen molar-refractivity contribution in [3.8, 4) is 5.69 Å². The molecule has 1 N–H and O–H groups in total. The lowest BCUT2D eigenvalue weighted by molar-refractivity contribution is -0.116. The number of hydrogen-bond acceptors (Lipinski definition) is 3. The Morgan fingerprint density at radius 2 is 1.59 bits per heavy atom. The molecule has 1 aromatic heterocycles. The molecule has 150 valence electrons. The van der Waals surface area contributed by atoms with Crippen LogP contribution in [0, 0.1) is 33.5 Å². The number of rotatable bonds is 4. The average Bonchev–Trinajstić information content (AvgIpc) is 2.64. The first-order valence-corrected chi connectivity index (χ1v) is 9.13. The largest absolute Gasteiger partial charge is 0.324 e. The van der Waals surface area contributed by atoms with E-state index in [9.17, 15) is 18.8 Å². The molecule has 0 radical (unpaired) electrons. The second-order valence-corrected chi connectivity index (χ2v) is 7.16. The summed E-state index contributed by atoms with van der Waals surface area (Å²) in [5, 5.41) is 2.81. The molecule has 6 nitrogen and oxygen atoms in total. The predicted octanol–water partition coefficient (Wildman–Crippen LogP) is 3.01. The number of benzene rings is 2. The Bertz CT molecular complexity index is 1200. The number of aryl methyl sites for hydroxylation is 4. The number of hydrogen-bond donors (Lipinski definition) is 1. The van der Waals surface area contributed by atoms with Crippen LogP contribution in [0.4, 0.5) is 10.1 Å². The number of nitrogens with zero attached hydrogens (tertiary/aromatic N) is 2. The van der Waals surface area contributed by atoms with Gasteiger partial charge in [0.2, 0.25) is 5.91 Å². The molecule has 0 spiro atoms. The van der Waals surface area contributed by atoms with Gasteiger partial charge in [0, 0.05) is 18.1 Å². The topological polar surface area (TPSA) is 73.1 Å². The van der Waals surface area contributed by atoms with Crippen molar-refractivity contribution in [1.29, 1.82) is 0 Å². The summed E-state index contributed by atoms with van der Waals surface area (Å²) in [5.41, 5.74) is 2.84. The second-order valence-electron chi connectivity index (χ2n) is 7.16. The van der Waals surface area contributed by atoms with E-state index in [0.29, 0.717) is 11.3 Å². The molecule has 3 aromatic rings. The van der Waals surface area contributed by atoms with Crippen LogP contribution < -0.4 is 16.4 Å². The van der Waals surface area contributed by atoms with Gasteiger partial charge in [-0.25, -0.2) is 4.39 Å². The van der Waals surface area contributed by atoms with Gasteiger partial charge in [0.05, 0.1) is 5.69 Å². The van der Waals surface area contributed by atoms with Crippen molar-refractivity contribution >= 4 is 11.6 Å². The fraction of sp³-hybridized carbons (Fsp3) is 0.227. The first-order chi connectivity index (χ1) is 13.7. The van der Waals surface area contributed by atoms with Crippen LogP contribution >= 0.6 is 0 Å². The maximum absolute atomic E-state index is 13.6. The summed E-state index contributed by atoms with van der Waals surface area (Å²) in [4.78, 5) is 37.5. The SMILES string of the molecule is Cc1cc(C)c(NC(=O)Cn2ccn(-c3cc(F)ccc3C)c(=O)c2=O)c(C)c1. The molecule has 0 aliphatic carbocycles. The zero-order valence-electron chi connectivity index (χ0n) is 16.7. The van der Waals surface area contributed by atoms with E-state index in [2.05, 4.69) is 5.32 Å². The minimum Gasteiger partial charge on any atom is -0.324 e. The molecule has 1 heterocycles. The van der Waals surface area contributed by atoms with Gasteiger partial charge in [-0.15, -0.1) is 0 Å². The Morgan fingerprint density at radius 3 is 2.24 bits per heavy atom. The molecule has 0 bridgehead atoms. The highest BCUT2D eigenvalue weighted by Crippen LogP contribution is 2.21. The fourth-order valence-electron chi connectivity index (χ4n) is 3.38. The number of carbonyl (C=O) groups excluding carboxylic acids is 1. The normalized spacial score (nSPS) is 10.8. The van der Waals surface area contributed by atoms with E-state index in [1.807, 2.05) is 32.9 Å². The lowest BCUT2D eigenvalue weighted by Gasteiger charge is -2.14. The van der Waals surface area contributed by atoms with Gasteiger partial charge in [0.25, 0.3) is 0 Å². The first kappa shape index (κ1) is 20.3. The average molecular weight is 395 g/mol. The highest BCUT2D eigenvalue weighted by Gasteiger charge is 2.13. The summed E-state index contributed by atoms with van der Waals surface area (Å²) >= 11 is 0. The van der Waals surface area contributed by atoms with Gasteiger partial charge in [-0.2, -0.15) is 0 Å². The van der Waals surface area contributed by atoms with Gasteiger partial charge in [-0.05, 0) is 56.5 Å². The number of aromatic nitrogens is 2. The summed E-state index contributed by atoms with van der Waals surface area (Å²) in [6, 6.07) is 7.91. The number of halogens is 1. The first-order valence-electron chi connectivity index (χ1n) is 9.13. The number of nitrogens with one attached hydrogen (secondary N) is 1. The fourth-order valence-corrected chi connectivity index (χ4v) is 3.38. The van der Waals surface area contributed by atoms with Gasteiger partial charge < -0.3 is 5.32 Å². The molecule has 0 aliphatic heterocycles. The number of amides is 1. The van der Waals surface area contributed by atoms with Crippen LogP contribution in [0.3, 0.4) is 0 Å². The molecule has 1 amide bonds. The van der Waals surface area contributed by atoms with Crippen LogP contribution in [0.5, 0.6) is 0 Å². The van der Waals surface area contributed by atoms with E-state index in [1.54, 1.807) is 6.92 Å². The molecular formula is C22H22FN3O3. The second kappa shape index (κ2) is 7.87. The highest BCUT2D eigenvalue weighted by molar-refractivity contribution is 5.92. The Morgan fingerprint density at radius 1 is 0.931 bits per heavy atom. The Labute approximate surface area is 167 Å². The Balaban J connectivity index is 1.89. The van der Waals surface area contributed by atoms with Crippen LogP contribution in [-0.4, -0.2) is 15.0 Å². The van der Waals surface area contributed by atoms with E-state index < -0.39 is 22.8 Å². The summed E-state index contributed by atoms with van der Waals surface area (Å²) in [6.45, 7) is 7.17. The molecule has 0 unspecified atom stereocenters. The van der Waals surface area contributed by atoms with Gasteiger partial charge in [0.15, 0.2) is 0 Å². The zero-order chi connectivity index (χ0) is 21.3. The standard InChI is InChI=1S/C22H22FN3O3/c1-13-9-15(3)20(16(4)10-13)24-19(27)12-25-7-8-26(22(29)21(25)28)18-11-17(23)6-5-14(18)2/h5-11H,12H2,1-4H3,(H,24,27). The number of anilines is 1. The lowest BCUT2D eigenvalue weighted by Crippen LogP contribution is -2.41. The van der Waals surface area contributed by atoms with Crippen molar-refractivity contribution < 1.29 is 9.18 Å². The molecule has 29 heavy (non-hydrogen) atoms. The van der Waals surface area contributed by atoms with E-state index in [4.69, 9.17) is 0 Å². The van der Waals surface area contributed by atoms with Gasteiger partial charge >= 0.3 is 11.1 Å². The third-order valence-electron chi connectivity index (χ3n) is 4.74. The molecule has 0 saturated carbocycles. The van der Waals surface area contributed by atoms with Gasteiger partial charge in [-0.1, -0.05) is 23.8 Å². The van der Waals surface area contributed by atoms with Crippen molar-refractivity contribution in [3.05, 3.63) is 91.5 Å². The highest BCUT2D eigenvalue weighted by atomic mass is 19.1. The quantitative estimate of drug-likeness (QED) is 0.690. The van der Waals surface area contributed by atoms with E-state index in [-0.39, 0.29) is 12.2 Å². The van der Waals surface area contributed by atoms with Crippen LogP contribution in [0.1, 0.15) is 22.3 Å². The smallest absolute Gasteiger partial charge is 0.320 e. The summed E-state index contributed by atoms with van der Waals surface area (Å²) in [6.07, 6.45) is 2.71. The third kappa shape index (κ3) is 4.18. The van der Waals surface area contributed by atoms with Crippen LogP contribution in [-0.2, 0) is 11.3 Å². The van der Waals surface area contributed by atoms with Crippen molar-refractivity contribution in [1.82, 2.24) is 9.13 Å². The molecular weight excluding hydrogens is 373 g/mol. The van der Waals surface area contributed by atoms with Crippen molar-refractivity contribution in [3.63, 3.8) is 0 Å². The van der Waals surface area contributed by atoms with Crippen LogP contribution in [0.2, 0.25) is 0 Å². The molecule has 0 atom stereocenters. The molecule has 3 rings (SSSR count). The molecule has 0 saturated heterocycles. The minimum atomic E-state index is -0.858. The number of carbonyl (C=O) groups is 1. The predicted molar refractivity (Wildman–Crippen MR) is 110 cm³/mol. The maximum atomic E-state index is 13.6. The van der Waals surface area contributed by atoms with Crippen LogP contribution in [0.15, 0.2) is 52.3 Å². The van der Waals surface area contributed by atoms with E-state index in [0.717, 1.165) is 25.8 Å². The summed E-state index contributed by atoms with van der Waals surface area (Å²) in [7, 11) is 0. The van der Waals surface area contributed by atoms with Crippen molar-refractivity contribution in [2.45, 2.75) is 34.2 Å². The zero-order valence-corrected chi connectivity index (χ0v) is 16.7. The van der Waals surface area contributed by atoms with Crippen molar-refractivity contribution in [2.75, 3.05) is 5.32 Å². The molecule has 7 heteroatoms. The summed E-state index contributed by atoms with van der Waals surface area (Å²) in [5.74, 6) is -0.925. The Kier molecular flexibility index (Phi) is 5.50. The molecule has 0 aliphatic rings. The monoisotopic (exact) mass is 395 g/mol. The molecule has 2 aromatic carbocycles. The Hall–Kier alpha value is -3.48. The lowest BCUT2D eigenvalue weighted by atomic mass is 10.1. The van der Waals surface area contributed by atoms with E-state index in [1.165, 1.54) is 30.6 Å². The minimum absolute atomic E-state index is 0.287. The van der Waals surface area contributed by atoms with Gasteiger partial charge in [0.1, 0.15) is 12.4 Å². The van der Waals surface area contributed by atoms with Gasteiger partial charge in [-0.3, -0.25) is 23.5 Å². The summed E-state index contributed by atoms with van der Waals surface area (Å²) < 4.78 is 15.7. The van der Waals surface area contributed by atoms with E-state index >= 15 is 0 Å². The van der Waals surface area contributed by atoms with Crippen molar-refractivity contribution in [2.24, 2.45) is 0 Å². The van der Waals surface area contributed by atoms with Crippen LogP contribution in [0.25, 0.3) is 5.69 Å². The maximum Gasteiger partial charge on any atom is 0.320 e.